The first-order valence-corrected chi connectivity index (χ1v) is 10.6. The van der Waals surface area contributed by atoms with Crippen LogP contribution in [0.3, 0.4) is 0 Å². The summed E-state index contributed by atoms with van der Waals surface area (Å²) < 4.78 is 11.2. The molecule has 1 aliphatic rings. The van der Waals surface area contributed by atoms with Crippen LogP contribution in [-0.2, 0) is 16.0 Å². The molecule has 1 aliphatic heterocycles. The van der Waals surface area contributed by atoms with E-state index in [2.05, 4.69) is 5.32 Å². The Morgan fingerprint density at radius 3 is 2.65 bits per heavy atom. The molecule has 1 saturated heterocycles. The minimum atomic E-state index is -1.14. The number of rotatable bonds is 6. The Morgan fingerprint density at radius 1 is 1.29 bits per heavy atom. The monoisotopic (exact) mass is 462 g/mol. The molecule has 0 aliphatic carbocycles. The molecule has 2 aromatic carbocycles. The molecule has 164 valence electrons. The highest BCUT2D eigenvalue weighted by Crippen LogP contribution is 2.18. The maximum Gasteiger partial charge on any atom is 0.326 e. The summed E-state index contributed by atoms with van der Waals surface area (Å²) in [5.41, 5.74) is 0.954. The van der Waals surface area contributed by atoms with E-state index in [1.54, 1.807) is 48.5 Å². The van der Waals surface area contributed by atoms with Crippen molar-refractivity contribution in [3.8, 4) is 5.75 Å². The maximum absolute atomic E-state index is 12.4. The molecule has 1 fully saturated rings. The van der Waals surface area contributed by atoms with Gasteiger partial charge in [-0.1, -0.05) is 35.9 Å². The average molecular weight is 463 g/mol. The number of thiocarbonyl (C=S) groups is 1. The average Bonchev–Trinajstić information content (AvgIpc) is 2.75. The first-order valence-electron chi connectivity index (χ1n) is 9.78. The molecule has 2 aromatic rings. The topological polar surface area (TPSA) is 88.1 Å². The summed E-state index contributed by atoms with van der Waals surface area (Å²) in [6, 6.07) is 12.5. The number of halogens is 1. The lowest BCUT2D eigenvalue weighted by Gasteiger charge is -2.34. The van der Waals surface area contributed by atoms with Gasteiger partial charge in [0, 0.05) is 13.0 Å². The smallest absolute Gasteiger partial charge is 0.326 e. The molecule has 0 spiro atoms. The second kappa shape index (κ2) is 10.6. The molecule has 1 amide bonds. The van der Waals surface area contributed by atoms with E-state index in [0.717, 1.165) is 5.56 Å². The van der Waals surface area contributed by atoms with Crippen molar-refractivity contribution in [2.24, 2.45) is 0 Å². The van der Waals surface area contributed by atoms with Crippen LogP contribution in [0.4, 0.5) is 0 Å². The Balaban J connectivity index is 1.61. The van der Waals surface area contributed by atoms with Crippen LogP contribution in [0.5, 0.6) is 5.75 Å². The second-order valence-electron chi connectivity index (χ2n) is 7.18. The van der Waals surface area contributed by atoms with Crippen molar-refractivity contribution in [2.45, 2.75) is 25.4 Å². The van der Waals surface area contributed by atoms with Crippen LogP contribution in [-0.4, -0.2) is 58.9 Å². The van der Waals surface area contributed by atoms with Gasteiger partial charge >= 0.3 is 5.97 Å². The molecular formula is C22H23ClN2O5S. The molecule has 0 bridgehead atoms. The van der Waals surface area contributed by atoms with E-state index >= 15 is 0 Å². The highest BCUT2D eigenvalue weighted by atomic mass is 35.5. The molecule has 3 rings (SSSR count). The molecule has 31 heavy (non-hydrogen) atoms. The number of hydrogen-bond donors (Lipinski definition) is 2. The molecule has 1 heterocycles. The van der Waals surface area contributed by atoms with Crippen LogP contribution in [0, 0.1) is 0 Å². The Labute approximate surface area is 190 Å². The van der Waals surface area contributed by atoms with E-state index in [9.17, 15) is 14.7 Å². The molecule has 2 unspecified atom stereocenters. The normalized spacial score (nSPS) is 17.0. The molecule has 2 N–H and O–H groups in total. The zero-order valence-corrected chi connectivity index (χ0v) is 18.5. The predicted molar refractivity (Wildman–Crippen MR) is 121 cm³/mol. The number of nitrogens with zero attached hydrogens (tertiary/aromatic N) is 1. The number of carboxylic acid groups (broad SMARTS) is 1. The largest absolute Gasteiger partial charge is 0.480 e. The van der Waals surface area contributed by atoms with Crippen LogP contribution in [0.2, 0.25) is 5.02 Å². The van der Waals surface area contributed by atoms with Crippen molar-refractivity contribution in [1.82, 2.24) is 10.2 Å². The lowest BCUT2D eigenvalue weighted by molar-refractivity contribution is -0.139. The van der Waals surface area contributed by atoms with Gasteiger partial charge in [-0.3, -0.25) is 4.79 Å². The molecule has 9 heteroatoms. The van der Waals surface area contributed by atoms with E-state index in [-0.39, 0.29) is 23.0 Å². The summed E-state index contributed by atoms with van der Waals surface area (Å²) >= 11 is 11.4. The van der Waals surface area contributed by atoms with Gasteiger partial charge in [-0.15, -0.1) is 0 Å². The van der Waals surface area contributed by atoms with Crippen molar-refractivity contribution >= 4 is 40.9 Å². The quantitative estimate of drug-likeness (QED) is 0.637. The number of amides is 1. The lowest BCUT2D eigenvalue weighted by atomic mass is 10.1. The number of carboxylic acids is 1. The minimum Gasteiger partial charge on any atom is -0.480 e. The van der Waals surface area contributed by atoms with E-state index in [4.69, 9.17) is 33.3 Å². The lowest BCUT2D eigenvalue weighted by Crippen LogP contribution is -2.48. The number of carbonyl (C=O) groups excluding carboxylic acids is 1. The van der Waals surface area contributed by atoms with Gasteiger partial charge < -0.3 is 24.8 Å². The van der Waals surface area contributed by atoms with Crippen LogP contribution in [0.25, 0.3) is 0 Å². The van der Waals surface area contributed by atoms with E-state index in [0.29, 0.717) is 30.7 Å². The Bertz CT molecular complexity index is 953. The van der Waals surface area contributed by atoms with Gasteiger partial charge in [0.15, 0.2) is 0 Å². The predicted octanol–water partition coefficient (Wildman–Crippen LogP) is 3.15. The van der Waals surface area contributed by atoms with Gasteiger partial charge in [0.1, 0.15) is 11.8 Å². The number of hydrogen-bond acceptors (Lipinski definition) is 5. The molecule has 0 saturated carbocycles. The fourth-order valence-electron chi connectivity index (χ4n) is 3.17. The highest BCUT2D eigenvalue weighted by molar-refractivity contribution is 7.80. The Morgan fingerprint density at radius 2 is 2.00 bits per heavy atom. The first kappa shape index (κ1) is 23.0. The number of benzene rings is 2. The molecule has 0 radical (unpaired) electrons. The highest BCUT2D eigenvalue weighted by Gasteiger charge is 2.24. The SMILES string of the molecule is CC1COCCN1C(=S)Oc1ccc(CC(NC(=O)c2ccccc2Cl)C(=O)O)cc1. The van der Waals surface area contributed by atoms with Gasteiger partial charge in [0.25, 0.3) is 11.1 Å². The third kappa shape index (κ3) is 6.16. The number of morpholine rings is 1. The van der Waals surface area contributed by atoms with E-state index in [1.807, 2.05) is 11.8 Å². The van der Waals surface area contributed by atoms with Crippen molar-refractivity contribution in [3.63, 3.8) is 0 Å². The molecule has 2 atom stereocenters. The first-order chi connectivity index (χ1) is 14.8. The molecule has 0 aromatic heterocycles. The summed E-state index contributed by atoms with van der Waals surface area (Å²) in [4.78, 5) is 26.1. The maximum atomic E-state index is 12.4. The van der Waals surface area contributed by atoms with E-state index < -0.39 is 17.9 Å². The van der Waals surface area contributed by atoms with Gasteiger partial charge in [0.05, 0.1) is 29.8 Å². The van der Waals surface area contributed by atoms with Crippen molar-refractivity contribution < 1.29 is 24.2 Å². The summed E-state index contributed by atoms with van der Waals surface area (Å²) in [5, 5.41) is 12.7. The fraction of sp³-hybridized carbons (Fsp3) is 0.318. The van der Waals surface area contributed by atoms with Crippen LogP contribution < -0.4 is 10.1 Å². The van der Waals surface area contributed by atoms with Gasteiger partial charge in [-0.2, -0.15) is 0 Å². The summed E-state index contributed by atoms with van der Waals surface area (Å²) in [5.74, 6) is -1.12. The number of ether oxygens (including phenoxy) is 2. The minimum absolute atomic E-state index is 0.108. The summed E-state index contributed by atoms with van der Waals surface area (Å²) in [7, 11) is 0. The number of nitrogens with one attached hydrogen (secondary N) is 1. The number of carbonyl (C=O) groups is 2. The van der Waals surface area contributed by atoms with Crippen LogP contribution >= 0.6 is 23.8 Å². The third-order valence-electron chi connectivity index (χ3n) is 4.89. The standard InChI is InChI=1S/C22H23ClN2O5S/c1-14-13-29-11-10-25(14)22(31)30-16-8-6-15(7-9-16)12-19(21(27)28)24-20(26)17-4-2-3-5-18(17)23/h2-9,14,19H,10-13H2,1H3,(H,24,26)(H,27,28). The van der Waals surface area contributed by atoms with Crippen LogP contribution in [0.15, 0.2) is 48.5 Å². The van der Waals surface area contributed by atoms with Crippen LogP contribution in [0.1, 0.15) is 22.8 Å². The summed E-state index contributed by atoms with van der Waals surface area (Å²) in [6.45, 7) is 3.88. The Kier molecular flexibility index (Phi) is 7.84. The zero-order chi connectivity index (χ0) is 22.4. The van der Waals surface area contributed by atoms with Crippen molar-refractivity contribution in [2.75, 3.05) is 19.8 Å². The van der Waals surface area contributed by atoms with Gasteiger partial charge in [-0.25, -0.2) is 4.79 Å². The van der Waals surface area contributed by atoms with Gasteiger partial charge in [0.2, 0.25) is 0 Å². The number of aliphatic carboxylic acids is 1. The van der Waals surface area contributed by atoms with Crippen molar-refractivity contribution in [1.29, 1.82) is 0 Å². The zero-order valence-electron chi connectivity index (χ0n) is 16.9. The fourth-order valence-corrected chi connectivity index (χ4v) is 3.76. The second-order valence-corrected chi connectivity index (χ2v) is 7.93. The van der Waals surface area contributed by atoms with Crippen molar-refractivity contribution in [3.05, 3.63) is 64.7 Å². The van der Waals surface area contributed by atoms with Gasteiger partial charge in [-0.05, 0) is 49.0 Å². The van der Waals surface area contributed by atoms with E-state index in [1.165, 1.54) is 0 Å². The summed E-state index contributed by atoms with van der Waals surface area (Å²) in [6.07, 6.45) is 0.108. The Hall–Kier alpha value is -2.68. The third-order valence-corrected chi connectivity index (χ3v) is 5.54. The molecule has 7 nitrogen and oxygen atoms in total. The molecular weight excluding hydrogens is 440 g/mol.